The van der Waals surface area contributed by atoms with Crippen LogP contribution in [0.4, 0.5) is 0 Å². The number of hydrogen-bond donors (Lipinski definition) is 0. The van der Waals surface area contributed by atoms with Crippen LogP contribution in [0.25, 0.3) is 10.8 Å². The van der Waals surface area contributed by atoms with Gasteiger partial charge in [0.05, 0.1) is 17.0 Å². The number of nitrogens with zero attached hydrogens (tertiary/aromatic N) is 3. The van der Waals surface area contributed by atoms with Crippen LogP contribution < -0.4 is 5.56 Å². The second-order valence-corrected chi connectivity index (χ2v) is 6.47. The molecule has 0 aliphatic rings. The van der Waals surface area contributed by atoms with Crippen LogP contribution in [0.3, 0.4) is 0 Å². The molecule has 0 N–H and O–H groups in total. The van der Waals surface area contributed by atoms with Crippen LogP contribution in [0.2, 0.25) is 0 Å². The molecule has 0 fully saturated rings. The molecule has 0 bridgehead atoms. The van der Waals surface area contributed by atoms with Gasteiger partial charge in [-0.1, -0.05) is 56.2 Å². The fourth-order valence-corrected chi connectivity index (χ4v) is 3.02. The van der Waals surface area contributed by atoms with Crippen LogP contribution in [0.1, 0.15) is 47.8 Å². The minimum atomic E-state index is -0.617. The molecule has 0 radical (unpaired) electrons. The standard InChI is InChI=1S/C22H21N3O3/c1-2-3-8-13-25-21(26)19-12-7-6-11-18(19)20(24-25)22(27)28-15-17-10-5-4-9-16(17)14-23/h4-7,9-12H,2-3,8,13,15H2,1H3. The fourth-order valence-electron chi connectivity index (χ4n) is 3.02. The van der Waals surface area contributed by atoms with Crippen molar-refractivity contribution in [1.29, 1.82) is 5.26 Å². The Morgan fingerprint density at radius 2 is 1.82 bits per heavy atom. The highest BCUT2D eigenvalue weighted by molar-refractivity contribution is 6.02. The maximum absolute atomic E-state index is 12.7. The Morgan fingerprint density at radius 1 is 1.11 bits per heavy atom. The fraction of sp³-hybridized carbons (Fsp3) is 0.273. The summed E-state index contributed by atoms with van der Waals surface area (Å²) in [5, 5.41) is 14.4. The second-order valence-electron chi connectivity index (χ2n) is 6.47. The van der Waals surface area contributed by atoms with Crippen LogP contribution in [-0.4, -0.2) is 15.7 Å². The summed E-state index contributed by atoms with van der Waals surface area (Å²) in [6.07, 6.45) is 2.81. The molecule has 1 aromatic heterocycles. The number of aryl methyl sites for hydroxylation is 1. The van der Waals surface area contributed by atoms with E-state index in [0.29, 0.717) is 28.4 Å². The van der Waals surface area contributed by atoms with Gasteiger partial charge in [-0.15, -0.1) is 0 Å². The summed E-state index contributed by atoms with van der Waals surface area (Å²) in [4.78, 5) is 25.4. The number of hydrogen-bond acceptors (Lipinski definition) is 5. The van der Waals surface area contributed by atoms with Crippen molar-refractivity contribution < 1.29 is 9.53 Å². The Morgan fingerprint density at radius 3 is 2.57 bits per heavy atom. The molecule has 3 aromatic rings. The Bertz CT molecular complexity index is 1100. The molecule has 6 nitrogen and oxygen atoms in total. The highest BCUT2D eigenvalue weighted by Gasteiger charge is 2.18. The van der Waals surface area contributed by atoms with Gasteiger partial charge in [0, 0.05) is 17.5 Å². The molecule has 0 unspecified atom stereocenters. The van der Waals surface area contributed by atoms with E-state index < -0.39 is 5.97 Å². The van der Waals surface area contributed by atoms with Gasteiger partial charge in [-0.2, -0.15) is 10.4 Å². The Kier molecular flexibility index (Phi) is 6.18. The van der Waals surface area contributed by atoms with Gasteiger partial charge in [-0.3, -0.25) is 4.79 Å². The number of carbonyl (C=O) groups excluding carboxylic acids is 1. The summed E-state index contributed by atoms with van der Waals surface area (Å²) in [7, 11) is 0. The average Bonchev–Trinajstić information content (AvgIpc) is 2.74. The summed E-state index contributed by atoms with van der Waals surface area (Å²) in [6, 6.07) is 15.9. The lowest BCUT2D eigenvalue weighted by Gasteiger charge is -2.11. The molecule has 0 spiro atoms. The molecule has 142 valence electrons. The maximum atomic E-state index is 12.7. The predicted molar refractivity (Wildman–Crippen MR) is 106 cm³/mol. The van der Waals surface area contributed by atoms with Crippen molar-refractivity contribution in [3.05, 3.63) is 75.7 Å². The summed E-state index contributed by atoms with van der Waals surface area (Å²) in [6.45, 7) is 2.50. The van der Waals surface area contributed by atoms with Crippen LogP contribution in [0.15, 0.2) is 53.3 Å². The number of esters is 1. The molecule has 0 aliphatic carbocycles. The van der Waals surface area contributed by atoms with Crippen molar-refractivity contribution in [2.45, 2.75) is 39.3 Å². The number of carbonyl (C=O) groups is 1. The maximum Gasteiger partial charge on any atom is 0.359 e. The van der Waals surface area contributed by atoms with Gasteiger partial charge >= 0.3 is 5.97 Å². The predicted octanol–water partition coefficient (Wildman–Crippen LogP) is 3.82. The van der Waals surface area contributed by atoms with E-state index in [1.165, 1.54) is 4.68 Å². The van der Waals surface area contributed by atoms with Gasteiger partial charge < -0.3 is 4.74 Å². The first kappa shape index (κ1) is 19.3. The number of benzene rings is 2. The highest BCUT2D eigenvalue weighted by Crippen LogP contribution is 2.16. The first-order valence-corrected chi connectivity index (χ1v) is 9.30. The normalized spacial score (nSPS) is 10.6. The van der Waals surface area contributed by atoms with Gasteiger partial charge in [-0.25, -0.2) is 9.48 Å². The van der Waals surface area contributed by atoms with Crippen molar-refractivity contribution in [3.8, 4) is 6.07 Å². The Hall–Kier alpha value is -3.46. The summed E-state index contributed by atoms with van der Waals surface area (Å²) < 4.78 is 6.76. The summed E-state index contributed by atoms with van der Waals surface area (Å²) in [5.74, 6) is -0.617. The topological polar surface area (TPSA) is 85.0 Å². The Labute approximate surface area is 163 Å². The van der Waals surface area contributed by atoms with E-state index in [0.717, 1.165) is 19.3 Å². The van der Waals surface area contributed by atoms with Gasteiger partial charge in [-0.05, 0) is 18.6 Å². The number of nitriles is 1. The van der Waals surface area contributed by atoms with Crippen molar-refractivity contribution >= 4 is 16.7 Å². The lowest BCUT2D eigenvalue weighted by Crippen LogP contribution is -2.26. The number of aromatic nitrogens is 2. The summed E-state index contributed by atoms with van der Waals surface area (Å²) in [5.41, 5.74) is 0.982. The first-order valence-electron chi connectivity index (χ1n) is 9.30. The van der Waals surface area contributed by atoms with Gasteiger partial charge in [0.15, 0.2) is 5.69 Å². The van der Waals surface area contributed by atoms with Gasteiger partial charge in [0.25, 0.3) is 5.56 Å². The zero-order chi connectivity index (χ0) is 19.9. The van der Waals surface area contributed by atoms with E-state index in [4.69, 9.17) is 4.74 Å². The monoisotopic (exact) mass is 375 g/mol. The molecule has 3 rings (SSSR count). The van der Waals surface area contributed by atoms with Crippen LogP contribution >= 0.6 is 0 Å². The molecule has 28 heavy (non-hydrogen) atoms. The molecule has 2 aromatic carbocycles. The van der Waals surface area contributed by atoms with Gasteiger partial charge in [0.1, 0.15) is 6.61 Å². The van der Waals surface area contributed by atoms with Crippen molar-refractivity contribution in [3.63, 3.8) is 0 Å². The SMILES string of the molecule is CCCCCn1nc(C(=O)OCc2ccccc2C#N)c2ccccc2c1=O. The number of unbranched alkanes of at least 4 members (excludes halogenated alkanes) is 2. The van der Waals surface area contributed by atoms with Gasteiger partial charge in [0.2, 0.25) is 0 Å². The minimum absolute atomic E-state index is 0.0342. The number of rotatable bonds is 7. The van der Waals surface area contributed by atoms with Crippen LogP contribution in [0, 0.1) is 11.3 Å². The molecule has 0 amide bonds. The van der Waals surface area contributed by atoms with E-state index in [2.05, 4.69) is 18.1 Å². The quantitative estimate of drug-likeness (QED) is 0.463. The molecule has 6 heteroatoms. The number of fused-ring (bicyclic) bond motifs is 1. The third-order valence-corrected chi connectivity index (χ3v) is 4.53. The van der Waals surface area contributed by atoms with E-state index >= 15 is 0 Å². The van der Waals surface area contributed by atoms with E-state index in [-0.39, 0.29) is 17.9 Å². The van der Waals surface area contributed by atoms with E-state index in [1.54, 1.807) is 48.5 Å². The largest absolute Gasteiger partial charge is 0.456 e. The highest BCUT2D eigenvalue weighted by atomic mass is 16.5. The van der Waals surface area contributed by atoms with E-state index in [9.17, 15) is 14.9 Å². The smallest absolute Gasteiger partial charge is 0.359 e. The van der Waals surface area contributed by atoms with Crippen LogP contribution in [-0.2, 0) is 17.9 Å². The second kappa shape index (κ2) is 8.96. The van der Waals surface area contributed by atoms with Crippen molar-refractivity contribution in [2.75, 3.05) is 0 Å². The van der Waals surface area contributed by atoms with Crippen molar-refractivity contribution in [2.24, 2.45) is 0 Å². The third kappa shape index (κ3) is 4.09. The molecule has 1 heterocycles. The Balaban J connectivity index is 1.92. The first-order chi connectivity index (χ1) is 13.7. The van der Waals surface area contributed by atoms with Crippen molar-refractivity contribution in [1.82, 2.24) is 9.78 Å². The molecule has 0 saturated heterocycles. The molecular formula is C22H21N3O3. The summed E-state index contributed by atoms with van der Waals surface area (Å²) >= 11 is 0. The molecular weight excluding hydrogens is 354 g/mol. The number of ether oxygens (including phenoxy) is 1. The molecule has 0 atom stereocenters. The molecule has 0 aliphatic heterocycles. The molecule has 0 saturated carbocycles. The van der Waals surface area contributed by atoms with Crippen LogP contribution in [0.5, 0.6) is 0 Å². The minimum Gasteiger partial charge on any atom is -0.456 e. The lowest BCUT2D eigenvalue weighted by molar-refractivity contribution is 0.0465. The zero-order valence-corrected chi connectivity index (χ0v) is 15.7. The average molecular weight is 375 g/mol. The zero-order valence-electron chi connectivity index (χ0n) is 15.7. The van der Waals surface area contributed by atoms with E-state index in [1.807, 2.05) is 0 Å². The lowest BCUT2D eigenvalue weighted by atomic mass is 10.1. The third-order valence-electron chi connectivity index (χ3n) is 4.53.